The first kappa shape index (κ1) is 18.5. The number of hydrogen-bond acceptors (Lipinski definition) is 3. The van der Waals surface area contributed by atoms with Crippen LogP contribution >= 0.6 is 15.9 Å². The Hall–Kier alpha value is -2.34. The number of rotatable bonds is 5. The zero-order valence-electron chi connectivity index (χ0n) is 14.6. The van der Waals surface area contributed by atoms with Gasteiger partial charge < -0.3 is 15.0 Å². The van der Waals surface area contributed by atoms with Crippen molar-refractivity contribution in [2.75, 3.05) is 25.0 Å². The number of benzene rings is 2. The summed E-state index contributed by atoms with van der Waals surface area (Å²) < 4.78 is 6.37. The van der Waals surface area contributed by atoms with Gasteiger partial charge in [0.2, 0.25) is 0 Å². The van der Waals surface area contributed by atoms with Gasteiger partial charge in [-0.2, -0.15) is 0 Å². The molecule has 2 aromatic rings. The van der Waals surface area contributed by atoms with Gasteiger partial charge in [0.25, 0.3) is 11.8 Å². The molecule has 0 aliphatic carbocycles. The van der Waals surface area contributed by atoms with E-state index in [-0.39, 0.29) is 18.4 Å². The van der Waals surface area contributed by atoms with Crippen molar-refractivity contribution in [1.29, 1.82) is 0 Å². The fourth-order valence-corrected chi connectivity index (χ4v) is 3.53. The predicted octanol–water partition coefficient (Wildman–Crippen LogP) is 4.01. The fourth-order valence-electron chi connectivity index (χ4n) is 2.92. The van der Waals surface area contributed by atoms with Crippen LogP contribution in [0.15, 0.2) is 46.9 Å². The quantitative estimate of drug-likeness (QED) is 0.800. The summed E-state index contributed by atoms with van der Waals surface area (Å²) >= 11 is 3.43. The number of ether oxygens (including phenoxy) is 1. The van der Waals surface area contributed by atoms with E-state index in [1.165, 1.54) is 0 Å². The molecule has 5 nitrogen and oxygen atoms in total. The molecule has 1 N–H and O–H groups in total. The van der Waals surface area contributed by atoms with Gasteiger partial charge in [-0.25, -0.2) is 0 Å². The van der Waals surface area contributed by atoms with Crippen LogP contribution in [0.1, 0.15) is 28.8 Å². The number of likely N-dealkylation sites (tertiary alicyclic amines) is 1. The first-order valence-electron chi connectivity index (χ1n) is 8.62. The highest BCUT2D eigenvalue weighted by atomic mass is 79.9. The van der Waals surface area contributed by atoms with Gasteiger partial charge in [-0.15, -0.1) is 0 Å². The molecule has 6 heteroatoms. The Balaban J connectivity index is 1.65. The van der Waals surface area contributed by atoms with Crippen LogP contribution < -0.4 is 10.1 Å². The van der Waals surface area contributed by atoms with Crippen LogP contribution in [0.25, 0.3) is 0 Å². The van der Waals surface area contributed by atoms with Gasteiger partial charge in [0.1, 0.15) is 5.75 Å². The number of halogens is 1. The second-order valence-corrected chi connectivity index (χ2v) is 7.17. The summed E-state index contributed by atoms with van der Waals surface area (Å²) in [5.74, 6) is 0.256. The molecule has 26 heavy (non-hydrogen) atoms. The molecular formula is C20H21BrN2O3. The molecule has 1 aliphatic rings. The highest BCUT2D eigenvalue weighted by molar-refractivity contribution is 9.10. The van der Waals surface area contributed by atoms with Crippen molar-refractivity contribution in [3.63, 3.8) is 0 Å². The molecule has 0 unspecified atom stereocenters. The maximum atomic E-state index is 12.6. The molecule has 1 fully saturated rings. The summed E-state index contributed by atoms with van der Waals surface area (Å²) in [7, 11) is 0. The van der Waals surface area contributed by atoms with E-state index in [4.69, 9.17) is 4.74 Å². The number of anilines is 1. The Morgan fingerprint density at radius 2 is 1.88 bits per heavy atom. The van der Waals surface area contributed by atoms with E-state index in [1.54, 1.807) is 24.3 Å². The lowest BCUT2D eigenvalue weighted by Gasteiger charge is -2.18. The number of hydrogen-bond donors (Lipinski definition) is 1. The van der Waals surface area contributed by atoms with Crippen LogP contribution in [0.5, 0.6) is 5.75 Å². The van der Waals surface area contributed by atoms with Crippen LogP contribution in [-0.2, 0) is 4.79 Å². The van der Waals surface area contributed by atoms with Gasteiger partial charge in [-0.3, -0.25) is 9.59 Å². The van der Waals surface area contributed by atoms with E-state index >= 15 is 0 Å². The Labute approximate surface area is 161 Å². The lowest BCUT2D eigenvalue weighted by atomic mass is 10.1. The van der Waals surface area contributed by atoms with E-state index in [0.29, 0.717) is 17.0 Å². The first-order valence-corrected chi connectivity index (χ1v) is 9.41. The summed E-state index contributed by atoms with van der Waals surface area (Å²) in [5, 5.41) is 2.79. The summed E-state index contributed by atoms with van der Waals surface area (Å²) in [5.41, 5.74) is 2.13. The van der Waals surface area contributed by atoms with Crippen LogP contribution in [0.3, 0.4) is 0 Å². The van der Waals surface area contributed by atoms with Gasteiger partial charge >= 0.3 is 0 Å². The maximum absolute atomic E-state index is 12.6. The van der Waals surface area contributed by atoms with Crippen molar-refractivity contribution in [2.45, 2.75) is 19.8 Å². The average molecular weight is 417 g/mol. The van der Waals surface area contributed by atoms with Crippen molar-refractivity contribution in [2.24, 2.45) is 0 Å². The molecule has 0 bridgehead atoms. The van der Waals surface area contributed by atoms with Gasteiger partial charge in [0.05, 0.1) is 15.7 Å². The summed E-state index contributed by atoms with van der Waals surface area (Å²) in [6.45, 7) is 3.39. The first-order chi connectivity index (χ1) is 12.5. The monoisotopic (exact) mass is 416 g/mol. The number of para-hydroxylation sites is 1. The topological polar surface area (TPSA) is 58.6 Å². The van der Waals surface area contributed by atoms with Crippen molar-refractivity contribution >= 4 is 33.4 Å². The molecule has 0 saturated carbocycles. The van der Waals surface area contributed by atoms with Gasteiger partial charge in [0.15, 0.2) is 6.61 Å². The smallest absolute Gasteiger partial charge is 0.262 e. The van der Waals surface area contributed by atoms with E-state index in [1.807, 2.05) is 30.0 Å². The van der Waals surface area contributed by atoms with Crippen molar-refractivity contribution < 1.29 is 14.3 Å². The normalized spacial score (nSPS) is 13.5. The summed E-state index contributed by atoms with van der Waals surface area (Å²) in [6, 6.07) is 12.8. The lowest BCUT2D eigenvalue weighted by Crippen LogP contribution is -2.29. The molecule has 2 amide bonds. The third-order valence-corrected chi connectivity index (χ3v) is 4.89. The van der Waals surface area contributed by atoms with E-state index in [0.717, 1.165) is 36.0 Å². The van der Waals surface area contributed by atoms with Crippen LogP contribution in [0, 0.1) is 6.92 Å². The molecule has 2 aromatic carbocycles. The highest BCUT2D eigenvalue weighted by Gasteiger charge is 2.22. The van der Waals surface area contributed by atoms with Gasteiger partial charge in [-0.05, 0) is 65.5 Å². The Bertz CT molecular complexity index is 816. The Morgan fingerprint density at radius 1 is 1.15 bits per heavy atom. The van der Waals surface area contributed by atoms with E-state index < -0.39 is 0 Å². The molecule has 1 saturated heterocycles. The lowest BCUT2D eigenvalue weighted by molar-refractivity contribution is -0.118. The molecule has 0 spiro atoms. The summed E-state index contributed by atoms with van der Waals surface area (Å²) in [6.07, 6.45) is 2.05. The Morgan fingerprint density at radius 3 is 2.62 bits per heavy atom. The third-order valence-electron chi connectivity index (χ3n) is 4.27. The highest BCUT2D eigenvalue weighted by Crippen LogP contribution is 2.26. The molecule has 0 radical (unpaired) electrons. The zero-order chi connectivity index (χ0) is 18.5. The molecule has 0 aromatic heterocycles. The minimum absolute atomic E-state index is 0.0411. The predicted molar refractivity (Wildman–Crippen MR) is 105 cm³/mol. The number of nitrogens with one attached hydrogen (secondary N) is 1. The molecular weight excluding hydrogens is 396 g/mol. The van der Waals surface area contributed by atoms with E-state index in [9.17, 15) is 9.59 Å². The van der Waals surface area contributed by atoms with Crippen LogP contribution in [-0.4, -0.2) is 36.4 Å². The Kier molecular flexibility index (Phi) is 5.93. The minimum Gasteiger partial charge on any atom is -0.483 e. The molecule has 0 atom stereocenters. The van der Waals surface area contributed by atoms with Crippen LogP contribution in [0.2, 0.25) is 0 Å². The second-order valence-electron chi connectivity index (χ2n) is 6.32. The standard InChI is InChI=1S/C20H21BrN2O3/c1-14-8-9-18(16(21)12-14)26-13-19(24)22-17-7-3-2-6-15(17)20(25)23-10-4-5-11-23/h2-3,6-9,12H,4-5,10-11,13H2,1H3,(H,22,24). The number of carbonyl (C=O) groups excluding carboxylic acids is 2. The van der Waals surface area contributed by atoms with Gasteiger partial charge in [0, 0.05) is 13.1 Å². The maximum Gasteiger partial charge on any atom is 0.262 e. The largest absolute Gasteiger partial charge is 0.483 e. The molecule has 136 valence electrons. The SMILES string of the molecule is Cc1ccc(OCC(=O)Nc2ccccc2C(=O)N2CCCC2)c(Br)c1. The fraction of sp³-hybridized carbons (Fsp3) is 0.300. The average Bonchev–Trinajstić information content (AvgIpc) is 3.15. The number of aryl methyl sites for hydroxylation is 1. The summed E-state index contributed by atoms with van der Waals surface area (Å²) in [4.78, 5) is 26.8. The third kappa shape index (κ3) is 4.43. The van der Waals surface area contributed by atoms with Crippen molar-refractivity contribution in [1.82, 2.24) is 4.90 Å². The second kappa shape index (κ2) is 8.36. The van der Waals surface area contributed by atoms with E-state index in [2.05, 4.69) is 21.2 Å². The minimum atomic E-state index is -0.306. The zero-order valence-corrected chi connectivity index (χ0v) is 16.2. The van der Waals surface area contributed by atoms with Gasteiger partial charge in [-0.1, -0.05) is 18.2 Å². The van der Waals surface area contributed by atoms with Crippen molar-refractivity contribution in [3.05, 3.63) is 58.1 Å². The van der Waals surface area contributed by atoms with Crippen molar-refractivity contribution in [3.8, 4) is 5.75 Å². The molecule has 3 rings (SSSR count). The molecule has 1 aliphatic heterocycles. The number of nitrogens with zero attached hydrogens (tertiary/aromatic N) is 1. The number of amides is 2. The molecule has 1 heterocycles. The number of carbonyl (C=O) groups is 2. The van der Waals surface area contributed by atoms with Crippen LogP contribution in [0.4, 0.5) is 5.69 Å².